The highest BCUT2D eigenvalue weighted by molar-refractivity contribution is 7.80. The lowest BCUT2D eigenvalue weighted by Gasteiger charge is -2.22. The average molecular weight is 290 g/mol. The first-order valence-electron chi connectivity index (χ1n) is 7.93. The maximum atomic E-state index is 5.41. The number of hydrogen-bond donors (Lipinski definition) is 2. The van der Waals surface area contributed by atoms with Crippen LogP contribution in [0.2, 0.25) is 0 Å². The van der Waals surface area contributed by atoms with E-state index in [4.69, 9.17) is 12.2 Å². The molecule has 20 heavy (non-hydrogen) atoms. The quantitative estimate of drug-likeness (QED) is 0.825. The molecule has 0 saturated heterocycles. The zero-order chi connectivity index (χ0) is 14.0. The molecule has 1 fully saturated rings. The van der Waals surface area contributed by atoms with Crippen LogP contribution < -0.4 is 10.6 Å². The van der Waals surface area contributed by atoms with Crippen LogP contribution in [0.1, 0.15) is 50.5 Å². The van der Waals surface area contributed by atoms with Gasteiger partial charge in [-0.15, -0.1) is 0 Å². The van der Waals surface area contributed by atoms with Crippen molar-refractivity contribution in [2.75, 3.05) is 6.54 Å². The van der Waals surface area contributed by atoms with Crippen LogP contribution in [-0.4, -0.2) is 17.7 Å². The van der Waals surface area contributed by atoms with Gasteiger partial charge in [-0.2, -0.15) is 0 Å². The number of benzene rings is 1. The van der Waals surface area contributed by atoms with E-state index in [9.17, 15) is 0 Å². The summed E-state index contributed by atoms with van der Waals surface area (Å²) < 4.78 is 0. The van der Waals surface area contributed by atoms with Crippen molar-refractivity contribution in [3.8, 4) is 0 Å². The summed E-state index contributed by atoms with van der Waals surface area (Å²) in [6.07, 6.45) is 10.4. The highest BCUT2D eigenvalue weighted by atomic mass is 32.1. The fourth-order valence-corrected chi connectivity index (χ4v) is 3.07. The highest BCUT2D eigenvalue weighted by Gasteiger charge is 2.11. The molecule has 0 unspecified atom stereocenters. The lowest BCUT2D eigenvalue weighted by molar-refractivity contribution is 0.427. The van der Waals surface area contributed by atoms with E-state index in [1.54, 1.807) is 0 Å². The van der Waals surface area contributed by atoms with Gasteiger partial charge in [0, 0.05) is 12.6 Å². The Kier molecular flexibility index (Phi) is 6.85. The summed E-state index contributed by atoms with van der Waals surface area (Å²) >= 11 is 5.41. The molecule has 2 nitrogen and oxygen atoms in total. The second-order valence-electron chi connectivity index (χ2n) is 5.68. The van der Waals surface area contributed by atoms with E-state index in [1.165, 1.54) is 50.5 Å². The van der Waals surface area contributed by atoms with E-state index in [-0.39, 0.29) is 0 Å². The van der Waals surface area contributed by atoms with Crippen LogP contribution in [0.5, 0.6) is 0 Å². The molecule has 1 aliphatic carbocycles. The van der Waals surface area contributed by atoms with E-state index in [2.05, 4.69) is 41.0 Å². The van der Waals surface area contributed by atoms with Crippen LogP contribution >= 0.6 is 12.2 Å². The van der Waals surface area contributed by atoms with Crippen LogP contribution in [0, 0.1) is 0 Å². The second kappa shape index (κ2) is 8.96. The highest BCUT2D eigenvalue weighted by Crippen LogP contribution is 2.16. The molecule has 0 heterocycles. The van der Waals surface area contributed by atoms with Crippen molar-refractivity contribution in [3.63, 3.8) is 0 Å². The molecule has 2 rings (SSSR count). The molecule has 0 amide bonds. The van der Waals surface area contributed by atoms with E-state index in [0.29, 0.717) is 6.04 Å². The Balaban J connectivity index is 1.64. The fraction of sp³-hybridized carbons (Fsp3) is 0.588. The molecule has 110 valence electrons. The summed E-state index contributed by atoms with van der Waals surface area (Å²) in [7, 11) is 0. The lowest BCUT2D eigenvalue weighted by Crippen LogP contribution is -2.42. The van der Waals surface area contributed by atoms with Crippen molar-refractivity contribution >= 4 is 17.3 Å². The Morgan fingerprint density at radius 3 is 2.35 bits per heavy atom. The Labute approximate surface area is 128 Å². The van der Waals surface area contributed by atoms with Crippen molar-refractivity contribution in [2.45, 2.75) is 57.4 Å². The largest absolute Gasteiger partial charge is 0.362 e. The normalized spacial score (nSPS) is 17.0. The molecule has 1 aliphatic rings. The van der Waals surface area contributed by atoms with E-state index in [0.717, 1.165) is 18.1 Å². The van der Waals surface area contributed by atoms with Crippen LogP contribution in [-0.2, 0) is 6.42 Å². The average Bonchev–Trinajstić information content (AvgIpc) is 2.43. The molecule has 2 N–H and O–H groups in total. The SMILES string of the molecule is S=C(NCCc1ccccc1)NC1CCCCCCC1. The topological polar surface area (TPSA) is 24.1 Å². The Morgan fingerprint density at radius 2 is 1.65 bits per heavy atom. The predicted molar refractivity (Wildman–Crippen MR) is 90.0 cm³/mol. The van der Waals surface area contributed by atoms with Gasteiger partial charge in [-0.3, -0.25) is 0 Å². The van der Waals surface area contributed by atoms with Gasteiger partial charge in [0.2, 0.25) is 0 Å². The molecule has 0 atom stereocenters. The molecule has 0 bridgehead atoms. The lowest BCUT2D eigenvalue weighted by atomic mass is 9.97. The standard InChI is InChI=1S/C17H26N2S/c20-17(18-14-13-15-9-5-4-6-10-15)19-16-11-7-2-1-3-8-12-16/h4-6,9-10,16H,1-3,7-8,11-14H2,(H2,18,19,20). The Hall–Kier alpha value is -1.09. The van der Waals surface area contributed by atoms with Gasteiger partial charge in [-0.05, 0) is 37.0 Å². The van der Waals surface area contributed by atoms with Crippen molar-refractivity contribution in [2.24, 2.45) is 0 Å². The third kappa shape index (κ3) is 5.91. The van der Waals surface area contributed by atoms with Crippen molar-refractivity contribution in [1.29, 1.82) is 0 Å². The molecule has 0 spiro atoms. The van der Waals surface area contributed by atoms with Crippen molar-refractivity contribution in [1.82, 2.24) is 10.6 Å². The monoisotopic (exact) mass is 290 g/mol. The first-order chi connectivity index (χ1) is 9.84. The van der Waals surface area contributed by atoms with Crippen molar-refractivity contribution < 1.29 is 0 Å². The summed E-state index contributed by atoms with van der Waals surface area (Å²) in [6.45, 7) is 0.905. The van der Waals surface area contributed by atoms with Gasteiger partial charge < -0.3 is 10.6 Å². The molecular formula is C17H26N2S. The fourth-order valence-electron chi connectivity index (χ4n) is 2.80. The van der Waals surface area contributed by atoms with Gasteiger partial charge in [-0.1, -0.05) is 62.4 Å². The summed E-state index contributed by atoms with van der Waals surface area (Å²) in [5.41, 5.74) is 1.36. The molecule has 0 radical (unpaired) electrons. The minimum Gasteiger partial charge on any atom is -0.362 e. The van der Waals surface area contributed by atoms with Crippen LogP contribution in [0.4, 0.5) is 0 Å². The third-order valence-corrected chi connectivity index (χ3v) is 4.24. The van der Waals surface area contributed by atoms with Gasteiger partial charge in [0.15, 0.2) is 5.11 Å². The Bertz CT molecular complexity index is 383. The number of rotatable bonds is 4. The molecular weight excluding hydrogens is 264 g/mol. The minimum atomic E-state index is 0.576. The molecule has 0 aromatic heterocycles. The van der Waals surface area contributed by atoms with Crippen molar-refractivity contribution in [3.05, 3.63) is 35.9 Å². The van der Waals surface area contributed by atoms with Gasteiger partial charge in [0.25, 0.3) is 0 Å². The maximum absolute atomic E-state index is 5.41. The number of hydrogen-bond acceptors (Lipinski definition) is 1. The van der Waals surface area contributed by atoms with Gasteiger partial charge in [-0.25, -0.2) is 0 Å². The summed E-state index contributed by atoms with van der Waals surface area (Å²) in [5.74, 6) is 0. The third-order valence-electron chi connectivity index (χ3n) is 3.98. The minimum absolute atomic E-state index is 0.576. The van der Waals surface area contributed by atoms with E-state index >= 15 is 0 Å². The van der Waals surface area contributed by atoms with Crippen LogP contribution in [0.25, 0.3) is 0 Å². The van der Waals surface area contributed by atoms with Crippen LogP contribution in [0.3, 0.4) is 0 Å². The number of nitrogens with one attached hydrogen (secondary N) is 2. The van der Waals surface area contributed by atoms with Gasteiger partial charge in [0.1, 0.15) is 0 Å². The van der Waals surface area contributed by atoms with E-state index in [1.807, 2.05) is 0 Å². The summed E-state index contributed by atoms with van der Waals surface area (Å²) in [5, 5.41) is 7.65. The molecule has 3 heteroatoms. The summed E-state index contributed by atoms with van der Waals surface area (Å²) in [4.78, 5) is 0. The van der Waals surface area contributed by atoms with Gasteiger partial charge >= 0.3 is 0 Å². The predicted octanol–water partition coefficient (Wildman–Crippen LogP) is 3.81. The van der Waals surface area contributed by atoms with Crippen LogP contribution in [0.15, 0.2) is 30.3 Å². The second-order valence-corrected chi connectivity index (χ2v) is 6.09. The Morgan fingerprint density at radius 1 is 1.00 bits per heavy atom. The van der Waals surface area contributed by atoms with E-state index < -0.39 is 0 Å². The smallest absolute Gasteiger partial charge is 0.166 e. The van der Waals surface area contributed by atoms with Gasteiger partial charge in [0.05, 0.1) is 0 Å². The summed E-state index contributed by atoms with van der Waals surface area (Å²) in [6, 6.07) is 11.1. The number of thiocarbonyl (C=S) groups is 1. The molecule has 1 aromatic carbocycles. The molecule has 1 aromatic rings. The first kappa shape index (κ1) is 15.3. The maximum Gasteiger partial charge on any atom is 0.166 e. The molecule has 0 aliphatic heterocycles. The zero-order valence-electron chi connectivity index (χ0n) is 12.2. The first-order valence-corrected chi connectivity index (χ1v) is 8.34. The molecule has 1 saturated carbocycles. The zero-order valence-corrected chi connectivity index (χ0v) is 13.1.